The monoisotopic (exact) mass is 358 g/mol. The van der Waals surface area contributed by atoms with Crippen LogP contribution in [0.2, 0.25) is 0 Å². The number of hydrogen-bond acceptors (Lipinski definition) is 0. The summed E-state index contributed by atoms with van der Waals surface area (Å²) in [6.07, 6.45) is -3.64. The number of rotatable bonds is 0. The van der Waals surface area contributed by atoms with E-state index < -0.39 is 46.5 Å². The molecule has 9 heteroatoms. The predicted molar refractivity (Wildman–Crippen MR) is 48.6 cm³/mol. The fourth-order valence-electron chi connectivity index (χ4n) is 1.60. The maximum absolute atomic E-state index is 13.1. The second kappa shape index (κ2) is 6.00. The van der Waals surface area contributed by atoms with Gasteiger partial charge in [0.15, 0.2) is 11.6 Å². The fraction of sp³-hybridized carbons (Fsp3) is 0.200. The van der Waals surface area contributed by atoms with Crippen LogP contribution in [0.15, 0.2) is 6.07 Å². The van der Waals surface area contributed by atoms with Crippen LogP contribution in [0.4, 0.5) is 30.7 Å². The summed E-state index contributed by atoms with van der Waals surface area (Å²) < 4.78 is 88.9. The zero-order chi connectivity index (χ0) is 13.0. The summed E-state index contributed by atoms with van der Waals surface area (Å²) in [6, 6.07) is 0.130. The number of halogens is 8. The molecule has 0 spiro atoms. The topological polar surface area (TPSA) is 0 Å². The van der Waals surface area contributed by atoms with Crippen molar-refractivity contribution in [2.75, 3.05) is 0 Å². The molecule has 0 fully saturated rings. The van der Waals surface area contributed by atoms with E-state index in [4.69, 9.17) is 0 Å². The van der Waals surface area contributed by atoms with E-state index in [1.165, 1.54) is 6.08 Å². The summed E-state index contributed by atoms with van der Waals surface area (Å²) >= 11 is 0. The molecule has 1 aromatic carbocycles. The van der Waals surface area contributed by atoms with Gasteiger partial charge in [0, 0.05) is 5.92 Å². The Hall–Kier alpha value is -0.284. The molecule has 0 amide bonds. The van der Waals surface area contributed by atoms with Gasteiger partial charge in [-0.1, -0.05) is 5.56 Å². The Labute approximate surface area is 129 Å². The van der Waals surface area contributed by atoms with E-state index in [-0.39, 0.29) is 46.1 Å². The van der Waals surface area contributed by atoms with E-state index in [1.807, 2.05) is 0 Å². The quantitative estimate of drug-likeness (QED) is 0.274. The first kappa shape index (κ1) is 18.7. The van der Waals surface area contributed by atoms with Crippen LogP contribution >= 0.6 is 0 Å². The van der Waals surface area contributed by atoms with Crippen molar-refractivity contribution in [3.05, 3.63) is 40.7 Å². The standard InChI is InChI=1S/C10H2F7.BrH.Mg/c11-5-2-4(10(15,16)17)3-1-6(12)8(13)9(14)7(3)5;;/h1,4H;1H;/q-1;;+2/p-1. The van der Waals surface area contributed by atoms with E-state index in [0.29, 0.717) is 0 Å². The van der Waals surface area contributed by atoms with Crippen LogP contribution in [0.25, 0.3) is 5.83 Å². The number of benzene rings is 1. The molecule has 0 saturated carbocycles. The molecule has 100 valence electrons. The van der Waals surface area contributed by atoms with Crippen molar-refractivity contribution in [2.24, 2.45) is 0 Å². The van der Waals surface area contributed by atoms with Gasteiger partial charge in [-0.3, -0.25) is 0 Å². The number of allylic oxidation sites excluding steroid dienone is 1. The van der Waals surface area contributed by atoms with E-state index in [9.17, 15) is 30.7 Å². The third-order valence-electron chi connectivity index (χ3n) is 2.32. The van der Waals surface area contributed by atoms with Gasteiger partial charge in [0.1, 0.15) is 0 Å². The molecule has 1 aliphatic rings. The van der Waals surface area contributed by atoms with Crippen LogP contribution in [-0.4, -0.2) is 29.2 Å². The first-order valence-corrected chi connectivity index (χ1v) is 4.27. The second-order valence-electron chi connectivity index (χ2n) is 3.38. The Bertz CT molecular complexity index is 524. The van der Waals surface area contributed by atoms with Crippen molar-refractivity contribution < 1.29 is 47.7 Å². The summed E-state index contributed by atoms with van der Waals surface area (Å²) in [7, 11) is 0. The summed E-state index contributed by atoms with van der Waals surface area (Å²) in [5, 5.41) is 0. The predicted octanol–water partition coefficient (Wildman–Crippen LogP) is 0.500. The number of hydrogen-bond donors (Lipinski definition) is 0. The zero-order valence-corrected chi connectivity index (χ0v) is 11.9. The third-order valence-corrected chi connectivity index (χ3v) is 2.32. The summed E-state index contributed by atoms with van der Waals surface area (Å²) in [4.78, 5) is 0. The minimum Gasteiger partial charge on any atom is -1.00 e. The van der Waals surface area contributed by atoms with E-state index in [0.717, 1.165) is 0 Å². The van der Waals surface area contributed by atoms with Gasteiger partial charge in [-0.25, -0.2) is 23.6 Å². The number of alkyl halides is 3. The van der Waals surface area contributed by atoms with Crippen molar-refractivity contribution in [3.8, 4) is 0 Å². The van der Waals surface area contributed by atoms with Gasteiger partial charge in [0.2, 0.25) is 0 Å². The van der Waals surface area contributed by atoms with Crippen molar-refractivity contribution in [1.82, 2.24) is 0 Å². The van der Waals surface area contributed by atoms with Gasteiger partial charge < -0.3 is 17.0 Å². The normalized spacial score (nSPS) is 17.2. The van der Waals surface area contributed by atoms with Crippen molar-refractivity contribution in [3.63, 3.8) is 0 Å². The molecule has 0 bridgehead atoms. The van der Waals surface area contributed by atoms with Crippen LogP contribution in [-0.2, 0) is 0 Å². The molecule has 0 saturated heterocycles. The van der Waals surface area contributed by atoms with Gasteiger partial charge in [-0.2, -0.15) is 13.2 Å². The van der Waals surface area contributed by atoms with Gasteiger partial charge >= 0.3 is 29.2 Å². The van der Waals surface area contributed by atoms with Crippen molar-refractivity contribution in [2.45, 2.75) is 12.1 Å². The molecular formula is C10H2BrF7Mg. The fourth-order valence-corrected chi connectivity index (χ4v) is 1.60. The molecule has 1 atom stereocenters. The molecule has 0 N–H and O–H groups in total. The van der Waals surface area contributed by atoms with E-state index in [2.05, 4.69) is 0 Å². The second-order valence-corrected chi connectivity index (χ2v) is 3.38. The molecule has 0 aliphatic heterocycles. The molecule has 19 heavy (non-hydrogen) atoms. The Morgan fingerprint density at radius 3 is 2.00 bits per heavy atom. The van der Waals surface area contributed by atoms with Crippen LogP contribution in [0, 0.1) is 23.5 Å². The smallest absolute Gasteiger partial charge is 1.00 e. The first-order chi connectivity index (χ1) is 7.73. The maximum Gasteiger partial charge on any atom is 2.00 e. The molecule has 2 rings (SSSR count). The van der Waals surface area contributed by atoms with Crippen molar-refractivity contribution in [1.29, 1.82) is 0 Å². The third kappa shape index (κ3) is 3.08. The Morgan fingerprint density at radius 1 is 1.00 bits per heavy atom. The SMILES string of the molecule is FC1=[C-]C(C(F)(F)F)c2cc(F)c(F)c(F)c21.[Br-].[Mg+2]. The molecule has 0 nitrogen and oxygen atoms in total. The van der Waals surface area contributed by atoms with Crippen molar-refractivity contribution >= 4 is 28.9 Å². The molecule has 1 aliphatic carbocycles. The maximum atomic E-state index is 13.1. The first-order valence-electron chi connectivity index (χ1n) is 4.27. The molecular weight excluding hydrogens is 357 g/mol. The van der Waals surface area contributed by atoms with E-state index in [1.54, 1.807) is 0 Å². The van der Waals surface area contributed by atoms with Gasteiger partial charge in [-0.15, -0.1) is 5.56 Å². The Morgan fingerprint density at radius 2 is 1.53 bits per heavy atom. The van der Waals surface area contributed by atoms with Crippen LogP contribution in [0.3, 0.4) is 0 Å². The summed E-state index contributed by atoms with van der Waals surface area (Å²) in [5.41, 5.74) is -2.22. The Kier molecular flexibility index (Phi) is 5.91. The summed E-state index contributed by atoms with van der Waals surface area (Å²) in [5.74, 6) is -10.0. The largest absolute Gasteiger partial charge is 2.00 e. The van der Waals surface area contributed by atoms with Gasteiger partial charge in [0.25, 0.3) is 0 Å². The van der Waals surface area contributed by atoms with Crippen LogP contribution < -0.4 is 17.0 Å². The zero-order valence-electron chi connectivity index (χ0n) is 8.89. The van der Waals surface area contributed by atoms with Crippen LogP contribution in [0.5, 0.6) is 0 Å². The average molecular weight is 359 g/mol. The minimum absolute atomic E-state index is 0. The van der Waals surface area contributed by atoms with E-state index >= 15 is 0 Å². The number of fused-ring (bicyclic) bond motifs is 1. The van der Waals surface area contributed by atoms with Gasteiger partial charge in [-0.05, 0) is 11.9 Å². The molecule has 0 radical (unpaired) electrons. The molecule has 0 heterocycles. The molecule has 0 aromatic heterocycles. The Balaban J connectivity index is 0.00000162. The minimum atomic E-state index is -4.95. The molecule has 1 unspecified atom stereocenters. The average Bonchev–Trinajstić information content (AvgIpc) is 2.52. The summed E-state index contributed by atoms with van der Waals surface area (Å²) in [6.45, 7) is 0. The molecule has 1 aromatic rings. The van der Waals surface area contributed by atoms with Gasteiger partial charge in [0.05, 0.1) is 5.82 Å². The van der Waals surface area contributed by atoms with Crippen LogP contribution in [0.1, 0.15) is 17.0 Å².